The molecule has 0 amide bonds. The van der Waals surface area contributed by atoms with Crippen molar-refractivity contribution in [3.05, 3.63) is 47.0 Å². The molecular formula is C23H29NO4. The molecule has 0 fully saturated rings. The van der Waals surface area contributed by atoms with Crippen molar-refractivity contribution in [3.63, 3.8) is 0 Å². The van der Waals surface area contributed by atoms with E-state index in [-0.39, 0.29) is 5.97 Å². The zero-order valence-electron chi connectivity index (χ0n) is 17.3. The number of anilines is 1. The molecule has 0 saturated carbocycles. The van der Waals surface area contributed by atoms with E-state index in [1.165, 1.54) is 11.1 Å². The largest absolute Gasteiger partial charge is 0.493 e. The summed E-state index contributed by atoms with van der Waals surface area (Å²) in [7, 11) is 3.24. The van der Waals surface area contributed by atoms with Crippen LogP contribution in [-0.4, -0.2) is 20.2 Å². The number of hydrogen-bond acceptors (Lipinski definition) is 5. The molecule has 1 atom stereocenters. The van der Waals surface area contributed by atoms with Gasteiger partial charge in [0.15, 0.2) is 11.5 Å². The molecule has 5 heteroatoms. The molecule has 0 bridgehead atoms. The van der Waals surface area contributed by atoms with E-state index in [0.717, 1.165) is 30.5 Å². The second-order valence-electron chi connectivity index (χ2n) is 8.35. The lowest BCUT2D eigenvalue weighted by atomic mass is 9.79. The Bertz CT molecular complexity index is 883. The normalized spacial score (nSPS) is 16.2. The maximum atomic E-state index is 12.1. The molecule has 3 rings (SSSR count). The number of nitrogens with two attached hydrogens (primary N) is 1. The molecule has 2 aromatic rings. The Morgan fingerprint density at radius 2 is 1.71 bits per heavy atom. The SMILES string of the molecule is COc1cc(N)c(C2CCc3cc(OC(=O)C(C)(C)C)ccc3C2)cc1OC. The minimum atomic E-state index is -0.522. The molecule has 0 heterocycles. The third-order valence-corrected chi connectivity index (χ3v) is 5.26. The van der Waals surface area contributed by atoms with Gasteiger partial charge in [-0.2, -0.15) is 0 Å². The Kier molecular flexibility index (Phi) is 5.54. The van der Waals surface area contributed by atoms with Crippen LogP contribution in [0.25, 0.3) is 0 Å². The highest BCUT2D eigenvalue weighted by Crippen LogP contribution is 2.41. The van der Waals surface area contributed by atoms with Gasteiger partial charge in [0, 0.05) is 11.8 Å². The average Bonchev–Trinajstić information content (AvgIpc) is 2.66. The molecule has 1 aliphatic carbocycles. The van der Waals surface area contributed by atoms with E-state index in [4.69, 9.17) is 19.9 Å². The molecule has 1 aliphatic rings. The fourth-order valence-electron chi connectivity index (χ4n) is 3.58. The fraction of sp³-hybridized carbons (Fsp3) is 0.435. The highest BCUT2D eigenvalue weighted by molar-refractivity contribution is 5.78. The monoisotopic (exact) mass is 383 g/mol. The summed E-state index contributed by atoms with van der Waals surface area (Å²) in [5, 5.41) is 0. The zero-order valence-corrected chi connectivity index (χ0v) is 17.3. The zero-order chi connectivity index (χ0) is 20.5. The molecule has 2 N–H and O–H groups in total. The van der Waals surface area contributed by atoms with Crippen molar-refractivity contribution >= 4 is 11.7 Å². The van der Waals surface area contributed by atoms with E-state index in [9.17, 15) is 4.79 Å². The molecule has 0 aromatic heterocycles. The number of benzene rings is 2. The van der Waals surface area contributed by atoms with Crippen LogP contribution in [0, 0.1) is 5.41 Å². The summed E-state index contributed by atoms with van der Waals surface area (Å²) < 4.78 is 16.3. The van der Waals surface area contributed by atoms with Crippen molar-refractivity contribution in [2.45, 2.75) is 46.0 Å². The number of nitrogen functional groups attached to an aromatic ring is 1. The summed E-state index contributed by atoms with van der Waals surface area (Å²) in [6.45, 7) is 5.56. The van der Waals surface area contributed by atoms with Crippen LogP contribution < -0.4 is 19.9 Å². The van der Waals surface area contributed by atoms with Gasteiger partial charge in [0.2, 0.25) is 0 Å². The fourth-order valence-corrected chi connectivity index (χ4v) is 3.58. The van der Waals surface area contributed by atoms with Crippen LogP contribution in [0.2, 0.25) is 0 Å². The standard InChI is InChI=1S/C23H29NO4/c1-23(2,3)22(25)28-17-9-8-14-10-16(7-6-15(14)11-17)18-12-20(26-4)21(27-5)13-19(18)24/h8-9,11-13,16H,6-7,10,24H2,1-5H3. The second kappa shape index (κ2) is 7.74. The van der Waals surface area contributed by atoms with Crippen molar-refractivity contribution in [1.82, 2.24) is 0 Å². The number of hydrogen-bond donors (Lipinski definition) is 1. The first kappa shape index (κ1) is 20.1. The van der Waals surface area contributed by atoms with E-state index < -0.39 is 5.41 Å². The van der Waals surface area contributed by atoms with Crippen LogP contribution in [0.4, 0.5) is 5.69 Å². The maximum Gasteiger partial charge on any atom is 0.316 e. The van der Waals surface area contributed by atoms with Crippen molar-refractivity contribution in [1.29, 1.82) is 0 Å². The average molecular weight is 383 g/mol. The van der Waals surface area contributed by atoms with Gasteiger partial charge in [-0.25, -0.2) is 0 Å². The lowest BCUT2D eigenvalue weighted by Crippen LogP contribution is -2.25. The second-order valence-corrected chi connectivity index (χ2v) is 8.35. The van der Waals surface area contributed by atoms with Crippen molar-refractivity contribution in [2.75, 3.05) is 20.0 Å². The smallest absolute Gasteiger partial charge is 0.316 e. The Morgan fingerprint density at radius 1 is 1.04 bits per heavy atom. The van der Waals surface area contributed by atoms with Gasteiger partial charge < -0.3 is 19.9 Å². The number of carbonyl (C=O) groups excluding carboxylic acids is 1. The molecule has 0 radical (unpaired) electrons. The molecule has 5 nitrogen and oxygen atoms in total. The van der Waals surface area contributed by atoms with Crippen LogP contribution in [0.3, 0.4) is 0 Å². The Labute approximate surface area is 166 Å². The first-order valence-electron chi connectivity index (χ1n) is 9.58. The summed E-state index contributed by atoms with van der Waals surface area (Å²) in [5.74, 6) is 2.05. The minimum absolute atomic E-state index is 0.223. The van der Waals surface area contributed by atoms with Crippen molar-refractivity contribution in [3.8, 4) is 17.2 Å². The number of rotatable bonds is 4. The van der Waals surface area contributed by atoms with E-state index >= 15 is 0 Å². The summed E-state index contributed by atoms with van der Waals surface area (Å²) in [6, 6.07) is 9.75. The molecular weight excluding hydrogens is 354 g/mol. The number of ether oxygens (including phenoxy) is 3. The molecule has 28 heavy (non-hydrogen) atoms. The summed E-state index contributed by atoms with van der Waals surface area (Å²) in [5.41, 5.74) is 10.1. The Hall–Kier alpha value is -2.69. The summed E-state index contributed by atoms with van der Waals surface area (Å²) in [6.07, 6.45) is 2.78. The first-order valence-corrected chi connectivity index (χ1v) is 9.58. The predicted molar refractivity (Wildman–Crippen MR) is 110 cm³/mol. The van der Waals surface area contributed by atoms with Crippen LogP contribution in [0.15, 0.2) is 30.3 Å². The Balaban J connectivity index is 1.81. The molecule has 150 valence electrons. The van der Waals surface area contributed by atoms with Crippen LogP contribution in [0.1, 0.15) is 49.8 Å². The van der Waals surface area contributed by atoms with Gasteiger partial charge in [0.25, 0.3) is 0 Å². The van der Waals surface area contributed by atoms with Gasteiger partial charge in [-0.3, -0.25) is 4.79 Å². The van der Waals surface area contributed by atoms with Crippen molar-refractivity contribution in [2.24, 2.45) is 5.41 Å². The minimum Gasteiger partial charge on any atom is -0.493 e. The van der Waals surface area contributed by atoms with Crippen molar-refractivity contribution < 1.29 is 19.0 Å². The molecule has 0 aliphatic heterocycles. The molecule has 2 aromatic carbocycles. The quantitative estimate of drug-likeness (QED) is 0.478. The van der Waals surface area contributed by atoms with Crippen LogP contribution in [0.5, 0.6) is 17.2 Å². The number of aryl methyl sites for hydroxylation is 1. The van der Waals surface area contributed by atoms with Crippen LogP contribution in [-0.2, 0) is 17.6 Å². The highest BCUT2D eigenvalue weighted by Gasteiger charge is 2.26. The number of carbonyl (C=O) groups is 1. The topological polar surface area (TPSA) is 70.8 Å². The highest BCUT2D eigenvalue weighted by atomic mass is 16.5. The van der Waals surface area contributed by atoms with E-state index in [2.05, 4.69) is 6.07 Å². The number of fused-ring (bicyclic) bond motifs is 1. The number of methoxy groups -OCH3 is 2. The van der Waals surface area contributed by atoms with Gasteiger partial charge in [-0.15, -0.1) is 0 Å². The van der Waals surface area contributed by atoms with Gasteiger partial charge in [-0.1, -0.05) is 6.07 Å². The number of esters is 1. The molecule has 0 spiro atoms. The maximum absolute atomic E-state index is 12.1. The van der Waals surface area contributed by atoms with Gasteiger partial charge in [0.05, 0.1) is 19.6 Å². The summed E-state index contributed by atoms with van der Waals surface area (Å²) in [4.78, 5) is 12.1. The Morgan fingerprint density at radius 3 is 2.36 bits per heavy atom. The third-order valence-electron chi connectivity index (χ3n) is 5.26. The first-order chi connectivity index (χ1) is 13.2. The van der Waals surface area contributed by atoms with Crippen LogP contribution >= 0.6 is 0 Å². The van der Waals surface area contributed by atoms with E-state index in [0.29, 0.717) is 23.2 Å². The lowest BCUT2D eigenvalue weighted by molar-refractivity contribution is -0.143. The van der Waals surface area contributed by atoms with E-state index in [1.54, 1.807) is 14.2 Å². The van der Waals surface area contributed by atoms with E-state index in [1.807, 2.05) is 45.0 Å². The van der Waals surface area contributed by atoms with Gasteiger partial charge >= 0.3 is 5.97 Å². The predicted octanol–water partition coefficient (Wildman–Crippen LogP) is 4.51. The van der Waals surface area contributed by atoms with Gasteiger partial charge in [-0.05, 0) is 80.8 Å². The molecule has 1 unspecified atom stereocenters. The molecule has 0 saturated heterocycles. The lowest BCUT2D eigenvalue weighted by Gasteiger charge is -2.27. The summed E-state index contributed by atoms with van der Waals surface area (Å²) >= 11 is 0. The van der Waals surface area contributed by atoms with Gasteiger partial charge in [0.1, 0.15) is 5.75 Å². The third kappa shape index (κ3) is 4.08.